The number of piperidine rings is 1. The predicted octanol–water partition coefficient (Wildman–Crippen LogP) is 1.03. The van der Waals surface area contributed by atoms with Crippen molar-refractivity contribution < 1.29 is 0 Å². The molecular weight excluding hydrogens is 214 g/mol. The van der Waals surface area contributed by atoms with Crippen LogP contribution in [-0.4, -0.2) is 40.7 Å². The molecule has 5 nitrogen and oxygen atoms in total. The molecule has 1 unspecified atom stereocenters. The molecular formula is C12H23N5. The van der Waals surface area contributed by atoms with Gasteiger partial charge >= 0.3 is 0 Å². The summed E-state index contributed by atoms with van der Waals surface area (Å²) in [6, 6.07) is 0.481. The Bertz CT molecular complexity index is 340. The highest BCUT2D eigenvalue weighted by molar-refractivity contribution is 5.37. The van der Waals surface area contributed by atoms with Gasteiger partial charge in [-0.05, 0) is 45.7 Å². The molecule has 1 aliphatic rings. The molecule has 1 saturated heterocycles. The van der Waals surface area contributed by atoms with Crippen molar-refractivity contribution in [1.29, 1.82) is 0 Å². The molecule has 1 fully saturated rings. The second-order valence-corrected chi connectivity index (χ2v) is 5.17. The Morgan fingerprint density at radius 3 is 2.94 bits per heavy atom. The summed E-state index contributed by atoms with van der Waals surface area (Å²) in [4.78, 5) is 2.40. The third-order valence-corrected chi connectivity index (χ3v) is 3.46. The van der Waals surface area contributed by atoms with Gasteiger partial charge in [-0.15, -0.1) is 5.10 Å². The molecule has 0 aliphatic carbocycles. The summed E-state index contributed by atoms with van der Waals surface area (Å²) in [7, 11) is 1.96. The Labute approximate surface area is 103 Å². The fraction of sp³-hybridized carbons (Fsp3) is 0.833. The number of aryl methyl sites for hydroxylation is 1. The van der Waals surface area contributed by atoms with Crippen LogP contribution in [0.1, 0.15) is 26.7 Å². The summed E-state index contributed by atoms with van der Waals surface area (Å²) in [5, 5.41) is 11.5. The molecule has 1 atom stereocenters. The maximum Gasteiger partial charge on any atom is 0.147 e. The van der Waals surface area contributed by atoms with Crippen LogP contribution in [0.2, 0.25) is 0 Å². The van der Waals surface area contributed by atoms with Gasteiger partial charge in [0.1, 0.15) is 5.82 Å². The molecule has 2 rings (SSSR count). The summed E-state index contributed by atoms with van der Waals surface area (Å²) >= 11 is 0. The minimum absolute atomic E-state index is 0.481. The molecule has 0 bridgehead atoms. The molecule has 1 aromatic rings. The smallest absolute Gasteiger partial charge is 0.147 e. The average Bonchev–Trinajstić information content (AvgIpc) is 2.73. The van der Waals surface area contributed by atoms with E-state index in [2.05, 4.69) is 34.4 Å². The zero-order chi connectivity index (χ0) is 12.3. The van der Waals surface area contributed by atoms with Crippen LogP contribution in [0.3, 0.4) is 0 Å². The zero-order valence-corrected chi connectivity index (χ0v) is 11.1. The van der Waals surface area contributed by atoms with Crippen molar-refractivity contribution in [3.8, 4) is 0 Å². The zero-order valence-electron chi connectivity index (χ0n) is 11.1. The predicted molar refractivity (Wildman–Crippen MR) is 69.1 cm³/mol. The van der Waals surface area contributed by atoms with Gasteiger partial charge in [-0.3, -0.25) is 0 Å². The number of hydrogen-bond donors (Lipinski definition) is 1. The van der Waals surface area contributed by atoms with Crippen LogP contribution in [0.5, 0.6) is 0 Å². The lowest BCUT2D eigenvalue weighted by atomic mass is 9.98. The van der Waals surface area contributed by atoms with Crippen LogP contribution in [0.15, 0.2) is 6.20 Å². The SMILES string of the molecule is CC(C)N(CC1CCCNC1)c1cnnn1C. The molecule has 0 spiro atoms. The summed E-state index contributed by atoms with van der Waals surface area (Å²) < 4.78 is 1.86. The molecule has 5 heteroatoms. The van der Waals surface area contributed by atoms with Gasteiger partial charge in [0.25, 0.3) is 0 Å². The number of nitrogens with zero attached hydrogens (tertiary/aromatic N) is 4. The summed E-state index contributed by atoms with van der Waals surface area (Å²) in [5.74, 6) is 1.85. The Kier molecular flexibility index (Phi) is 3.99. The van der Waals surface area contributed by atoms with Gasteiger partial charge in [0.15, 0.2) is 0 Å². The van der Waals surface area contributed by atoms with E-state index in [0.29, 0.717) is 6.04 Å². The van der Waals surface area contributed by atoms with E-state index >= 15 is 0 Å². The normalized spacial score (nSPS) is 20.8. The maximum atomic E-state index is 4.02. The largest absolute Gasteiger partial charge is 0.353 e. The van der Waals surface area contributed by atoms with Crippen LogP contribution in [0.4, 0.5) is 5.82 Å². The average molecular weight is 237 g/mol. The van der Waals surface area contributed by atoms with Gasteiger partial charge in [-0.1, -0.05) is 5.21 Å². The summed E-state index contributed by atoms with van der Waals surface area (Å²) in [5.41, 5.74) is 0. The molecule has 1 N–H and O–H groups in total. The molecule has 1 aromatic heterocycles. The fourth-order valence-corrected chi connectivity index (χ4v) is 2.47. The second kappa shape index (κ2) is 5.49. The lowest BCUT2D eigenvalue weighted by Gasteiger charge is -2.33. The van der Waals surface area contributed by atoms with Crippen molar-refractivity contribution in [1.82, 2.24) is 20.3 Å². The van der Waals surface area contributed by atoms with Gasteiger partial charge < -0.3 is 10.2 Å². The van der Waals surface area contributed by atoms with Gasteiger partial charge in [0.2, 0.25) is 0 Å². The third kappa shape index (κ3) is 2.97. The van der Waals surface area contributed by atoms with Gasteiger partial charge in [0, 0.05) is 19.6 Å². The Balaban J connectivity index is 2.05. The van der Waals surface area contributed by atoms with Crippen molar-refractivity contribution in [2.75, 3.05) is 24.5 Å². The molecule has 1 aliphatic heterocycles. The number of rotatable bonds is 4. The monoisotopic (exact) mass is 237 g/mol. The van der Waals surface area contributed by atoms with Crippen LogP contribution < -0.4 is 10.2 Å². The van der Waals surface area contributed by atoms with Crippen LogP contribution in [0, 0.1) is 5.92 Å². The summed E-state index contributed by atoms with van der Waals surface area (Å²) in [6.07, 6.45) is 4.47. The van der Waals surface area contributed by atoms with E-state index in [-0.39, 0.29) is 0 Å². The third-order valence-electron chi connectivity index (χ3n) is 3.46. The molecule has 0 amide bonds. The van der Waals surface area contributed by atoms with Crippen molar-refractivity contribution in [2.24, 2.45) is 13.0 Å². The Hall–Kier alpha value is -1.10. The van der Waals surface area contributed by atoms with E-state index < -0.39 is 0 Å². The molecule has 0 aromatic carbocycles. The second-order valence-electron chi connectivity index (χ2n) is 5.17. The quantitative estimate of drug-likeness (QED) is 0.849. The molecule has 96 valence electrons. The first-order valence-electron chi connectivity index (χ1n) is 6.50. The number of anilines is 1. The van der Waals surface area contributed by atoms with Gasteiger partial charge in [-0.2, -0.15) is 0 Å². The van der Waals surface area contributed by atoms with Gasteiger partial charge in [0.05, 0.1) is 6.20 Å². The Morgan fingerprint density at radius 1 is 1.59 bits per heavy atom. The van der Waals surface area contributed by atoms with Crippen LogP contribution in [-0.2, 0) is 7.05 Å². The highest BCUT2D eigenvalue weighted by atomic mass is 15.5. The first-order chi connectivity index (χ1) is 8.18. The summed E-state index contributed by atoms with van der Waals surface area (Å²) in [6.45, 7) is 7.85. The number of nitrogens with one attached hydrogen (secondary N) is 1. The van der Waals surface area contributed by atoms with E-state index in [1.54, 1.807) is 0 Å². The van der Waals surface area contributed by atoms with Crippen molar-refractivity contribution in [3.05, 3.63) is 6.20 Å². The van der Waals surface area contributed by atoms with Crippen molar-refractivity contribution >= 4 is 5.82 Å². The minimum Gasteiger partial charge on any atom is -0.353 e. The number of hydrogen-bond acceptors (Lipinski definition) is 4. The topological polar surface area (TPSA) is 46.0 Å². The lowest BCUT2D eigenvalue weighted by Crippen LogP contribution is -2.42. The molecule has 0 saturated carbocycles. The molecule has 2 heterocycles. The number of aromatic nitrogens is 3. The standard InChI is InChI=1S/C12H23N5/c1-10(2)17(12-8-14-15-16(12)3)9-11-5-4-6-13-7-11/h8,10-11,13H,4-7,9H2,1-3H3. The first kappa shape index (κ1) is 12.4. The molecule has 17 heavy (non-hydrogen) atoms. The Morgan fingerprint density at radius 2 is 2.41 bits per heavy atom. The van der Waals surface area contributed by atoms with E-state index in [0.717, 1.165) is 24.8 Å². The molecule has 0 radical (unpaired) electrons. The van der Waals surface area contributed by atoms with E-state index in [1.807, 2.05) is 17.9 Å². The van der Waals surface area contributed by atoms with Crippen molar-refractivity contribution in [2.45, 2.75) is 32.7 Å². The van der Waals surface area contributed by atoms with E-state index in [9.17, 15) is 0 Å². The fourth-order valence-electron chi connectivity index (χ4n) is 2.47. The highest BCUT2D eigenvalue weighted by Crippen LogP contribution is 2.19. The highest BCUT2D eigenvalue weighted by Gasteiger charge is 2.21. The van der Waals surface area contributed by atoms with Gasteiger partial charge in [-0.25, -0.2) is 4.68 Å². The maximum absolute atomic E-state index is 4.02. The lowest BCUT2D eigenvalue weighted by molar-refractivity contribution is 0.369. The van der Waals surface area contributed by atoms with Crippen molar-refractivity contribution in [3.63, 3.8) is 0 Å². The minimum atomic E-state index is 0.481. The van der Waals surface area contributed by atoms with Crippen LogP contribution >= 0.6 is 0 Å². The first-order valence-corrected chi connectivity index (χ1v) is 6.50. The van der Waals surface area contributed by atoms with E-state index in [1.165, 1.54) is 19.4 Å². The van der Waals surface area contributed by atoms with E-state index in [4.69, 9.17) is 0 Å². The van der Waals surface area contributed by atoms with Crippen LogP contribution in [0.25, 0.3) is 0 Å².